The summed E-state index contributed by atoms with van der Waals surface area (Å²) in [5, 5.41) is 2.67. The lowest BCUT2D eigenvalue weighted by molar-refractivity contribution is -0.119. The number of halogens is 1. The van der Waals surface area contributed by atoms with Crippen molar-refractivity contribution < 1.29 is 9.18 Å². The number of hydrogen-bond donors (Lipinski definition) is 2. The second-order valence-electron chi connectivity index (χ2n) is 4.69. The molecule has 0 aliphatic heterocycles. The maximum atomic E-state index is 13.5. The van der Waals surface area contributed by atoms with E-state index in [0.717, 1.165) is 18.4 Å². The van der Waals surface area contributed by atoms with Gasteiger partial charge in [0, 0.05) is 12.0 Å². The third-order valence-electron chi connectivity index (χ3n) is 3.31. The van der Waals surface area contributed by atoms with Crippen LogP contribution in [0.5, 0.6) is 0 Å². The number of aryl methyl sites for hydroxylation is 1. The summed E-state index contributed by atoms with van der Waals surface area (Å²) in [4.78, 5) is 11.9. The summed E-state index contributed by atoms with van der Waals surface area (Å²) >= 11 is 0. The van der Waals surface area contributed by atoms with Crippen molar-refractivity contribution in [3.8, 4) is 0 Å². The lowest BCUT2D eigenvalue weighted by atomic mass is 10.1. The molecule has 0 aromatic heterocycles. The van der Waals surface area contributed by atoms with Crippen LogP contribution in [0.15, 0.2) is 18.2 Å². The summed E-state index contributed by atoms with van der Waals surface area (Å²) in [5.74, 6) is -0.587. The van der Waals surface area contributed by atoms with Crippen LogP contribution in [0.2, 0.25) is 0 Å². The molecular formula is C13H17FN2O. The van der Waals surface area contributed by atoms with Crippen LogP contribution in [0.1, 0.15) is 24.8 Å². The number of anilines is 1. The molecule has 1 amide bonds. The number of rotatable bonds is 2. The van der Waals surface area contributed by atoms with Gasteiger partial charge in [-0.25, -0.2) is 4.39 Å². The molecule has 2 rings (SSSR count). The number of carbonyl (C=O) groups excluding carboxylic acids is 1. The molecule has 0 saturated heterocycles. The topological polar surface area (TPSA) is 55.1 Å². The van der Waals surface area contributed by atoms with Crippen LogP contribution in [0.4, 0.5) is 10.1 Å². The van der Waals surface area contributed by atoms with E-state index >= 15 is 0 Å². The predicted octanol–water partition coefficient (Wildman–Crippen LogP) is 2.20. The Morgan fingerprint density at radius 2 is 2.24 bits per heavy atom. The highest BCUT2D eigenvalue weighted by Crippen LogP contribution is 2.27. The van der Waals surface area contributed by atoms with Gasteiger partial charge in [-0.3, -0.25) is 4.79 Å². The number of benzene rings is 1. The molecule has 92 valence electrons. The van der Waals surface area contributed by atoms with Crippen LogP contribution in [-0.2, 0) is 4.79 Å². The van der Waals surface area contributed by atoms with E-state index in [1.165, 1.54) is 6.07 Å². The largest absolute Gasteiger partial charge is 0.328 e. The van der Waals surface area contributed by atoms with Gasteiger partial charge in [-0.1, -0.05) is 12.1 Å². The molecule has 1 fully saturated rings. The SMILES string of the molecule is Cc1cccc(F)c1NC(=O)C1CCC(N)C1. The Hall–Kier alpha value is -1.42. The second-order valence-corrected chi connectivity index (χ2v) is 4.69. The van der Waals surface area contributed by atoms with Crippen LogP contribution >= 0.6 is 0 Å². The van der Waals surface area contributed by atoms with Crippen molar-refractivity contribution in [1.29, 1.82) is 0 Å². The monoisotopic (exact) mass is 236 g/mol. The van der Waals surface area contributed by atoms with Crippen molar-refractivity contribution in [2.24, 2.45) is 11.7 Å². The molecule has 1 aromatic carbocycles. The maximum Gasteiger partial charge on any atom is 0.227 e. The van der Waals surface area contributed by atoms with E-state index in [9.17, 15) is 9.18 Å². The van der Waals surface area contributed by atoms with Gasteiger partial charge in [0.1, 0.15) is 5.82 Å². The van der Waals surface area contributed by atoms with Gasteiger partial charge < -0.3 is 11.1 Å². The van der Waals surface area contributed by atoms with Crippen LogP contribution in [-0.4, -0.2) is 11.9 Å². The Labute approximate surface area is 100 Å². The molecule has 0 bridgehead atoms. The van der Waals surface area contributed by atoms with Crippen molar-refractivity contribution >= 4 is 11.6 Å². The summed E-state index contributed by atoms with van der Waals surface area (Å²) in [7, 11) is 0. The zero-order chi connectivity index (χ0) is 12.4. The van der Waals surface area contributed by atoms with Gasteiger partial charge in [0.15, 0.2) is 0 Å². The molecule has 0 heterocycles. The molecule has 4 heteroatoms. The highest BCUT2D eigenvalue weighted by molar-refractivity contribution is 5.93. The van der Waals surface area contributed by atoms with Gasteiger partial charge in [0.05, 0.1) is 5.69 Å². The van der Waals surface area contributed by atoms with E-state index in [0.29, 0.717) is 6.42 Å². The summed E-state index contributed by atoms with van der Waals surface area (Å²) < 4.78 is 13.5. The Balaban J connectivity index is 2.08. The number of carbonyl (C=O) groups is 1. The Bertz CT molecular complexity index is 413. The molecule has 2 atom stereocenters. The van der Waals surface area contributed by atoms with Crippen molar-refractivity contribution in [3.63, 3.8) is 0 Å². The van der Waals surface area contributed by atoms with Crippen molar-refractivity contribution in [2.45, 2.75) is 32.2 Å². The molecule has 2 unspecified atom stereocenters. The van der Waals surface area contributed by atoms with E-state index in [4.69, 9.17) is 5.73 Å². The fourth-order valence-corrected chi connectivity index (χ4v) is 2.27. The van der Waals surface area contributed by atoms with Gasteiger partial charge in [-0.2, -0.15) is 0 Å². The Morgan fingerprint density at radius 1 is 1.47 bits per heavy atom. The Kier molecular flexibility index (Phi) is 3.43. The normalized spacial score (nSPS) is 23.7. The first kappa shape index (κ1) is 12.0. The van der Waals surface area contributed by atoms with Gasteiger partial charge in [0.2, 0.25) is 5.91 Å². The number of nitrogens with two attached hydrogens (primary N) is 1. The van der Waals surface area contributed by atoms with Crippen molar-refractivity contribution in [3.05, 3.63) is 29.6 Å². The summed E-state index contributed by atoms with van der Waals surface area (Å²) in [5.41, 5.74) is 6.79. The van der Waals surface area contributed by atoms with Gasteiger partial charge in [-0.15, -0.1) is 0 Å². The Morgan fingerprint density at radius 3 is 2.82 bits per heavy atom. The van der Waals surface area contributed by atoms with E-state index in [1.807, 2.05) is 0 Å². The fraction of sp³-hybridized carbons (Fsp3) is 0.462. The lowest BCUT2D eigenvalue weighted by Crippen LogP contribution is -2.24. The molecule has 17 heavy (non-hydrogen) atoms. The average Bonchev–Trinajstić information content (AvgIpc) is 2.70. The molecule has 1 aliphatic rings. The van der Waals surface area contributed by atoms with Crippen LogP contribution in [0.3, 0.4) is 0 Å². The molecule has 3 N–H and O–H groups in total. The van der Waals surface area contributed by atoms with E-state index < -0.39 is 0 Å². The van der Waals surface area contributed by atoms with Gasteiger partial charge in [0.25, 0.3) is 0 Å². The third-order valence-corrected chi connectivity index (χ3v) is 3.31. The molecule has 0 radical (unpaired) electrons. The summed E-state index contributed by atoms with van der Waals surface area (Å²) in [6, 6.07) is 4.86. The maximum absolute atomic E-state index is 13.5. The summed E-state index contributed by atoms with van der Waals surface area (Å²) in [6.45, 7) is 1.78. The predicted molar refractivity (Wildman–Crippen MR) is 65.1 cm³/mol. The number of amides is 1. The van der Waals surface area contributed by atoms with E-state index in [2.05, 4.69) is 5.32 Å². The van der Waals surface area contributed by atoms with Crippen molar-refractivity contribution in [1.82, 2.24) is 0 Å². The molecule has 0 spiro atoms. The number of nitrogens with one attached hydrogen (secondary N) is 1. The molecule has 1 aliphatic carbocycles. The van der Waals surface area contributed by atoms with Gasteiger partial charge >= 0.3 is 0 Å². The summed E-state index contributed by atoms with van der Waals surface area (Å²) in [6.07, 6.45) is 2.36. The fourth-order valence-electron chi connectivity index (χ4n) is 2.27. The first-order valence-electron chi connectivity index (χ1n) is 5.89. The molecule has 3 nitrogen and oxygen atoms in total. The third kappa shape index (κ3) is 2.64. The standard InChI is InChI=1S/C13H17FN2O/c1-8-3-2-4-11(14)12(8)16-13(17)9-5-6-10(15)7-9/h2-4,9-10H,5-7,15H2,1H3,(H,16,17). The lowest BCUT2D eigenvalue weighted by Gasteiger charge is -2.13. The van der Waals surface area contributed by atoms with E-state index in [-0.39, 0.29) is 29.4 Å². The smallest absolute Gasteiger partial charge is 0.227 e. The highest BCUT2D eigenvalue weighted by atomic mass is 19.1. The van der Waals surface area contributed by atoms with Crippen LogP contribution in [0, 0.1) is 18.7 Å². The first-order valence-corrected chi connectivity index (χ1v) is 5.89. The van der Waals surface area contributed by atoms with Gasteiger partial charge in [-0.05, 0) is 37.8 Å². The quantitative estimate of drug-likeness (QED) is 0.827. The second kappa shape index (κ2) is 4.84. The van der Waals surface area contributed by atoms with Crippen molar-refractivity contribution in [2.75, 3.05) is 5.32 Å². The van der Waals surface area contributed by atoms with Crippen LogP contribution in [0.25, 0.3) is 0 Å². The molecule has 1 saturated carbocycles. The molecule has 1 aromatic rings. The number of para-hydroxylation sites is 1. The molecular weight excluding hydrogens is 219 g/mol. The zero-order valence-corrected chi connectivity index (χ0v) is 9.87. The number of hydrogen-bond acceptors (Lipinski definition) is 2. The average molecular weight is 236 g/mol. The zero-order valence-electron chi connectivity index (χ0n) is 9.87. The minimum atomic E-state index is -0.388. The van der Waals surface area contributed by atoms with E-state index in [1.54, 1.807) is 19.1 Å². The minimum absolute atomic E-state index is 0.0796. The highest BCUT2D eigenvalue weighted by Gasteiger charge is 2.28. The minimum Gasteiger partial charge on any atom is -0.328 e. The first-order chi connectivity index (χ1) is 8.08. The van der Waals surface area contributed by atoms with Crippen LogP contribution < -0.4 is 11.1 Å².